The number of benzene rings is 1. The molecule has 0 aromatic heterocycles. The minimum atomic E-state index is -0.0519. The predicted octanol–water partition coefficient (Wildman–Crippen LogP) is 2.28. The molecule has 1 amide bonds. The van der Waals surface area contributed by atoms with Crippen LogP contribution in [0.25, 0.3) is 0 Å². The second-order valence-corrected chi connectivity index (χ2v) is 5.10. The number of amides is 1. The molecule has 0 radical (unpaired) electrons. The molecule has 0 saturated heterocycles. The van der Waals surface area contributed by atoms with Crippen molar-refractivity contribution in [3.8, 4) is 0 Å². The number of hydrogen-bond donors (Lipinski definition) is 1. The summed E-state index contributed by atoms with van der Waals surface area (Å²) < 4.78 is 0. The van der Waals surface area contributed by atoms with Crippen molar-refractivity contribution in [1.29, 1.82) is 0 Å². The molecule has 0 bridgehead atoms. The lowest BCUT2D eigenvalue weighted by Crippen LogP contribution is -2.35. The van der Waals surface area contributed by atoms with E-state index in [0.717, 1.165) is 24.6 Å². The molecule has 0 saturated carbocycles. The topological polar surface area (TPSA) is 47.9 Å². The fraction of sp³-hybridized carbons (Fsp3) is 0.467. The average Bonchev–Trinajstić information content (AvgIpc) is 2.35. The maximum absolute atomic E-state index is 10.9. The lowest BCUT2D eigenvalue weighted by molar-refractivity contribution is -0.114. The van der Waals surface area contributed by atoms with Gasteiger partial charge in [0.1, 0.15) is 0 Å². The van der Waals surface area contributed by atoms with Gasteiger partial charge in [-0.2, -0.15) is 0 Å². The van der Waals surface area contributed by atoms with E-state index in [4.69, 9.17) is 0 Å². The number of nitrogens with zero attached hydrogens (tertiary/aromatic N) is 3. The molecule has 0 atom stereocenters. The van der Waals surface area contributed by atoms with Crippen molar-refractivity contribution < 1.29 is 4.79 Å². The minimum Gasteiger partial charge on any atom is -0.349 e. The summed E-state index contributed by atoms with van der Waals surface area (Å²) in [5, 5.41) is 2.76. The Bertz CT molecular complexity index is 459. The van der Waals surface area contributed by atoms with Gasteiger partial charge < -0.3 is 15.1 Å². The van der Waals surface area contributed by atoms with Crippen molar-refractivity contribution >= 4 is 41.5 Å². The summed E-state index contributed by atoms with van der Waals surface area (Å²) in [6.45, 7) is 2.25. The number of halogens is 1. The number of carbonyl (C=O) groups excluding carboxylic acids is 1. The Kier molecular flexibility index (Phi) is 9.00. The van der Waals surface area contributed by atoms with Gasteiger partial charge in [0, 0.05) is 47.3 Å². The lowest BCUT2D eigenvalue weighted by Gasteiger charge is -2.22. The van der Waals surface area contributed by atoms with Gasteiger partial charge in [-0.1, -0.05) is 12.1 Å². The Morgan fingerprint density at radius 3 is 2.05 bits per heavy atom. The van der Waals surface area contributed by atoms with Crippen molar-refractivity contribution in [2.75, 3.05) is 40.1 Å². The monoisotopic (exact) mass is 404 g/mol. The molecule has 0 aliphatic heterocycles. The summed E-state index contributed by atoms with van der Waals surface area (Å²) >= 11 is 0. The van der Waals surface area contributed by atoms with Crippen LogP contribution in [-0.4, -0.2) is 56.4 Å². The number of hydrogen-bond acceptors (Lipinski definition) is 2. The van der Waals surface area contributed by atoms with Crippen molar-refractivity contribution in [1.82, 2.24) is 9.80 Å². The normalized spacial score (nSPS) is 9.38. The van der Waals surface area contributed by atoms with Gasteiger partial charge in [-0.15, -0.1) is 24.0 Å². The molecule has 0 aliphatic carbocycles. The zero-order chi connectivity index (χ0) is 15.1. The molecule has 5 nitrogen and oxygen atoms in total. The Morgan fingerprint density at radius 2 is 1.62 bits per heavy atom. The summed E-state index contributed by atoms with van der Waals surface area (Å²) in [6.07, 6.45) is 0.880. The maximum atomic E-state index is 10.9. The fourth-order valence-corrected chi connectivity index (χ4v) is 1.93. The van der Waals surface area contributed by atoms with E-state index in [9.17, 15) is 4.79 Å². The first kappa shape index (κ1) is 19.7. The molecule has 21 heavy (non-hydrogen) atoms. The lowest BCUT2D eigenvalue weighted by atomic mass is 10.1. The van der Waals surface area contributed by atoms with E-state index in [1.54, 1.807) is 0 Å². The number of anilines is 1. The van der Waals surface area contributed by atoms with Crippen LogP contribution in [0.1, 0.15) is 12.5 Å². The van der Waals surface area contributed by atoms with Gasteiger partial charge in [-0.25, -0.2) is 0 Å². The van der Waals surface area contributed by atoms with Gasteiger partial charge in [-0.05, 0) is 24.1 Å². The van der Waals surface area contributed by atoms with E-state index in [2.05, 4.69) is 10.3 Å². The molecule has 6 heteroatoms. The van der Waals surface area contributed by atoms with Crippen LogP contribution in [-0.2, 0) is 11.2 Å². The highest BCUT2D eigenvalue weighted by Gasteiger charge is 2.03. The number of guanidine groups is 1. The zero-order valence-electron chi connectivity index (χ0n) is 13.4. The molecule has 1 aromatic rings. The van der Waals surface area contributed by atoms with Crippen LogP contribution in [0.4, 0.5) is 5.69 Å². The molecule has 1 rings (SSSR count). The fourth-order valence-electron chi connectivity index (χ4n) is 1.93. The molecule has 0 aliphatic rings. The van der Waals surface area contributed by atoms with Gasteiger partial charge in [0.15, 0.2) is 5.96 Å². The summed E-state index contributed by atoms with van der Waals surface area (Å²) in [6, 6.07) is 7.87. The molecule has 1 aromatic carbocycles. The molecule has 0 fully saturated rings. The van der Waals surface area contributed by atoms with Crippen LogP contribution in [0, 0.1) is 0 Å². The maximum Gasteiger partial charge on any atom is 0.221 e. The highest BCUT2D eigenvalue weighted by atomic mass is 127. The standard InChI is InChI=1S/C15H24N4O.HI/c1-12(20)17-14-8-6-13(7-9-14)10-11-16-15(18(2)3)19(4)5;/h6-9H,10-11H2,1-5H3,(H,17,20);1H. The minimum absolute atomic E-state index is 0. The van der Waals surface area contributed by atoms with Gasteiger partial charge in [0.2, 0.25) is 5.91 Å². The number of nitrogens with one attached hydrogen (secondary N) is 1. The van der Waals surface area contributed by atoms with Crippen molar-refractivity contribution in [2.45, 2.75) is 13.3 Å². The molecule has 0 unspecified atom stereocenters. The highest BCUT2D eigenvalue weighted by Crippen LogP contribution is 2.10. The number of aliphatic imine (C=N–C) groups is 1. The third-order valence-corrected chi connectivity index (χ3v) is 2.73. The van der Waals surface area contributed by atoms with Crippen LogP contribution in [0.5, 0.6) is 0 Å². The Morgan fingerprint density at radius 1 is 1.10 bits per heavy atom. The summed E-state index contributed by atoms with van der Waals surface area (Å²) in [5.41, 5.74) is 2.03. The third kappa shape index (κ3) is 7.31. The van der Waals surface area contributed by atoms with Gasteiger partial charge in [-0.3, -0.25) is 9.79 Å². The van der Waals surface area contributed by atoms with Crippen LogP contribution in [0.2, 0.25) is 0 Å². The molecule has 118 valence electrons. The average molecular weight is 404 g/mol. The first-order chi connectivity index (χ1) is 9.40. The molecular formula is C15H25IN4O. The van der Waals surface area contributed by atoms with Crippen molar-refractivity contribution in [3.63, 3.8) is 0 Å². The van der Waals surface area contributed by atoms with E-state index in [0.29, 0.717) is 0 Å². The van der Waals surface area contributed by atoms with Gasteiger partial charge in [0.25, 0.3) is 0 Å². The highest BCUT2D eigenvalue weighted by molar-refractivity contribution is 14.0. The quantitative estimate of drug-likeness (QED) is 0.476. The summed E-state index contributed by atoms with van der Waals surface area (Å²) in [7, 11) is 7.95. The number of rotatable bonds is 4. The van der Waals surface area contributed by atoms with Crippen LogP contribution in [0.3, 0.4) is 0 Å². The third-order valence-electron chi connectivity index (χ3n) is 2.73. The first-order valence-corrected chi connectivity index (χ1v) is 6.65. The molecule has 0 heterocycles. The van der Waals surface area contributed by atoms with Crippen LogP contribution >= 0.6 is 24.0 Å². The van der Waals surface area contributed by atoms with E-state index < -0.39 is 0 Å². The molecule has 1 N–H and O–H groups in total. The summed E-state index contributed by atoms with van der Waals surface area (Å²) in [5.74, 6) is 0.906. The van der Waals surface area contributed by atoms with E-state index in [-0.39, 0.29) is 29.9 Å². The van der Waals surface area contributed by atoms with E-state index in [1.807, 2.05) is 62.3 Å². The van der Waals surface area contributed by atoms with Gasteiger partial charge >= 0.3 is 0 Å². The molecular weight excluding hydrogens is 379 g/mol. The predicted molar refractivity (Wildman–Crippen MR) is 99.5 cm³/mol. The van der Waals surface area contributed by atoms with E-state index >= 15 is 0 Å². The van der Waals surface area contributed by atoms with Crippen molar-refractivity contribution in [3.05, 3.63) is 29.8 Å². The van der Waals surface area contributed by atoms with Crippen LogP contribution in [0.15, 0.2) is 29.3 Å². The summed E-state index contributed by atoms with van der Waals surface area (Å²) in [4.78, 5) is 19.5. The Balaban J connectivity index is 0.00000400. The molecule has 0 spiro atoms. The largest absolute Gasteiger partial charge is 0.349 e. The smallest absolute Gasteiger partial charge is 0.221 e. The van der Waals surface area contributed by atoms with E-state index in [1.165, 1.54) is 12.5 Å². The first-order valence-electron chi connectivity index (χ1n) is 6.65. The van der Waals surface area contributed by atoms with Crippen molar-refractivity contribution in [2.24, 2.45) is 4.99 Å². The second kappa shape index (κ2) is 9.59. The zero-order valence-corrected chi connectivity index (χ0v) is 15.7. The second-order valence-electron chi connectivity index (χ2n) is 5.10. The van der Waals surface area contributed by atoms with Gasteiger partial charge in [0.05, 0.1) is 0 Å². The van der Waals surface area contributed by atoms with Crippen LogP contribution < -0.4 is 5.32 Å². The number of carbonyl (C=O) groups is 1. The Hall–Kier alpha value is -1.31. The SMILES string of the molecule is CC(=O)Nc1ccc(CCN=C(N(C)C)N(C)C)cc1.I. The Labute approximate surface area is 144 Å².